The highest BCUT2D eigenvalue weighted by atomic mass is 35.5. The van der Waals surface area contributed by atoms with Gasteiger partial charge in [-0.25, -0.2) is 14.6 Å². The Bertz CT molecular complexity index is 1540. The Kier molecular flexibility index (Phi) is 7.90. The number of thiophene rings is 1. The highest BCUT2D eigenvalue weighted by Crippen LogP contribution is 2.45. The van der Waals surface area contributed by atoms with Crippen LogP contribution in [0.15, 0.2) is 48.5 Å². The van der Waals surface area contributed by atoms with Crippen LogP contribution in [0.25, 0.3) is 21.3 Å². The molecule has 0 spiro atoms. The van der Waals surface area contributed by atoms with Crippen molar-refractivity contribution in [1.29, 1.82) is 0 Å². The van der Waals surface area contributed by atoms with Gasteiger partial charge >= 0.3 is 12.1 Å². The lowest BCUT2D eigenvalue weighted by atomic mass is 9.93. The minimum absolute atomic E-state index is 0.0326. The number of rotatable bonds is 8. The fourth-order valence-corrected chi connectivity index (χ4v) is 6.16. The minimum atomic E-state index is -0.510. The summed E-state index contributed by atoms with van der Waals surface area (Å²) in [4.78, 5) is 34.4. The monoisotopic (exact) mass is 566 g/mol. The van der Waals surface area contributed by atoms with Crippen LogP contribution in [0, 0.1) is 0 Å². The van der Waals surface area contributed by atoms with E-state index in [-0.39, 0.29) is 19.1 Å². The summed E-state index contributed by atoms with van der Waals surface area (Å²) in [5.41, 5.74) is 3.95. The summed E-state index contributed by atoms with van der Waals surface area (Å²) in [6.07, 6.45) is -0.404. The van der Waals surface area contributed by atoms with Gasteiger partial charge in [-0.05, 0) is 35.7 Å². The van der Waals surface area contributed by atoms with Crippen LogP contribution in [-0.4, -0.2) is 42.8 Å². The molecule has 3 heterocycles. The van der Waals surface area contributed by atoms with Crippen molar-refractivity contribution >= 4 is 45.2 Å². The second-order valence-electron chi connectivity index (χ2n) is 8.81. The third-order valence-corrected chi connectivity index (χ3v) is 7.89. The van der Waals surface area contributed by atoms with Crippen LogP contribution in [0.4, 0.5) is 4.79 Å². The van der Waals surface area contributed by atoms with Crippen LogP contribution >= 0.6 is 22.9 Å². The topological polar surface area (TPSA) is 87.2 Å². The van der Waals surface area contributed by atoms with Gasteiger partial charge in [0.2, 0.25) is 0 Å². The maximum absolute atomic E-state index is 13.3. The molecule has 202 valence electrons. The van der Waals surface area contributed by atoms with E-state index in [0.717, 1.165) is 31.8 Å². The second-order valence-corrected chi connectivity index (χ2v) is 10.2. The van der Waals surface area contributed by atoms with Crippen LogP contribution in [0.5, 0.6) is 11.5 Å². The number of alkyl halides is 1. The molecule has 0 radical (unpaired) electrons. The van der Waals surface area contributed by atoms with E-state index in [2.05, 4.69) is 0 Å². The zero-order valence-electron chi connectivity index (χ0n) is 21.8. The van der Waals surface area contributed by atoms with E-state index in [4.69, 9.17) is 35.5 Å². The SMILES string of the molecule is CCOC(=O)c1c(CCl)nc2sc3c(c2c1-c1ccc(OC)c(OC)c1)CN(C(=O)OCc1ccccc1)C3. The highest BCUT2D eigenvalue weighted by molar-refractivity contribution is 7.19. The van der Waals surface area contributed by atoms with Gasteiger partial charge < -0.3 is 18.9 Å². The Morgan fingerprint density at radius 2 is 1.79 bits per heavy atom. The number of halogens is 1. The number of esters is 1. The number of methoxy groups -OCH3 is 2. The first-order chi connectivity index (χ1) is 19.0. The number of amides is 1. The van der Waals surface area contributed by atoms with Gasteiger partial charge in [0, 0.05) is 15.8 Å². The van der Waals surface area contributed by atoms with E-state index in [1.165, 1.54) is 11.3 Å². The summed E-state index contributed by atoms with van der Waals surface area (Å²) >= 11 is 7.79. The van der Waals surface area contributed by atoms with Crippen molar-refractivity contribution in [2.75, 3.05) is 20.8 Å². The Balaban J connectivity index is 1.60. The number of fused-ring (bicyclic) bond motifs is 3. The molecule has 0 fully saturated rings. The molecule has 0 bridgehead atoms. The summed E-state index contributed by atoms with van der Waals surface area (Å²) in [6.45, 7) is 2.86. The zero-order valence-corrected chi connectivity index (χ0v) is 23.4. The van der Waals surface area contributed by atoms with E-state index in [1.807, 2.05) is 42.5 Å². The highest BCUT2D eigenvalue weighted by Gasteiger charge is 2.33. The molecule has 10 heteroatoms. The summed E-state index contributed by atoms with van der Waals surface area (Å²) in [7, 11) is 3.12. The maximum atomic E-state index is 13.3. The first kappa shape index (κ1) is 26.8. The number of aromatic nitrogens is 1. The molecular weight excluding hydrogens is 540 g/mol. The Morgan fingerprint density at radius 1 is 1.03 bits per heavy atom. The van der Waals surface area contributed by atoms with Gasteiger partial charge in [-0.1, -0.05) is 36.4 Å². The predicted molar refractivity (Wildman–Crippen MR) is 150 cm³/mol. The number of carbonyl (C=O) groups is 2. The Hall–Kier alpha value is -3.82. The second kappa shape index (κ2) is 11.5. The molecule has 4 aromatic rings. The van der Waals surface area contributed by atoms with Crippen LogP contribution in [-0.2, 0) is 35.1 Å². The fourth-order valence-electron chi connectivity index (χ4n) is 4.74. The number of ether oxygens (including phenoxy) is 4. The summed E-state index contributed by atoms with van der Waals surface area (Å²) < 4.78 is 22.0. The molecule has 0 saturated carbocycles. The third-order valence-electron chi connectivity index (χ3n) is 6.52. The average molecular weight is 567 g/mol. The van der Waals surface area contributed by atoms with Gasteiger partial charge in [-0.2, -0.15) is 0 Å². The lowest BCUT2D eigenvalue weighted by molar-refractivity contribution is 0.0525. The van der Waals surface area contributed by atoms with Crippen molar-refractivity contribution in [3.8, 4) is 22.6 Å². The smallest absolute Gasteiger partial charge is 0.410 e. The molecule has 0 N–H and O–H groups in total. The molecule has 0 saturated heterocycles. The number of benzene rings is 2. The zero-order chi connectivity index (χ0) is 27.5. The lowest BCUT2D eigenvalue weighted by Gasteiger charge is -2.18. The maximum Gasteiger partial charge on any atom is 0.410 e. The van der Waals surface area contributed by atoms with Crippen molar-refractivity contribution in [3.63, 3.8) is 0 Å². The molecular formula is C29H27ClN2O6S. The van der Waals surface area contributed by atoms with Crippen LogP contribution < -0.4 is 9.47 Å². The van der Waals surface area contributed by atoms with Crippen molar-refractivity contribution in [2.24, 2.45) is 0 Å². The van der Waals surface area contributed by atoms with Crippen LogP contribution in [0.1, 0.15) is 39.0 Å². The van der Waals surface area contributed by atoms with E-state index in [0.29, 0.717) is 41.4 Å². The molecule has 0 unspecified atom stereocenters. The van der Waals surface area contributed by atoms with E-state index in [9.17, 15) is 9.59 Å². The summed E-state index contributed by atoms with van der Waals surface area (Å²) in [6, 6.07) is 15.0. The lowest BCUT2D eigenvalue weighted by Crippen LogP contribution is -2.26. The Labute approximate surface area is 235 Å². The van der Waals surface area contributed by atoms with Crippen molar-refractivity contribution in [2.45, 2.75) is 32.5 Å². The van der Waals surface area contributed by atoms with E-state index >= 15 is 0 Å². The average Bonchev–Trinajstić information content (AvgIpc) is 3.53. The summed E-state index contributed by atoms with van der Waals surface area (Å²) in [5, 5.41) is 0.789. The third kappa shape index (κ3) is 5.12. The normalized spacial score (nSPS) is 12.4. The van der Waals surface area contributed by atoms with Gasteiger partial charge in [-0.15, -0.1) is 22.9 Å². The van der Waals surface area contributed by atoms with Crippen molar-refractivity contribution < 1.29 is 28.5 Å². The Morgan fingerprint density at radius 3 is 2.49 bits per heavy atom. The van der Waals surface area contributed by atoms with Gasteiger partial charge in [0.15, 0.2) is 11.5 Å². The summed E-state index contributed by atoms with van der Waals surface area (Å²) in [5.74, 6) is 0.597. The van der Waals surface area contributed by atoms with Gasteiger partial charge in [-0.3, -0.25) is 4.90 Å². The first-order valence-electron chi connectivity index (χ1n) is 12.4. The van der Waals surface area contributed by atoms with Crippen LogP contribution in [0.2, 0.25) is 0 Å². The van der Waals surface area contributed by atoms with Crippen LogP contribution in [0.3, 0.4) is 0 Å². The molecule has 0 atom stereocenters. The molecule has 1 aliphatic rings. The van der Waals surface area contributed by atoms with Gasteiger partial charge in [0.1, 0.15) is 11.4 Å². The number of carbonyl (C=O) groups excluding carboxylic acids is 2. The first-order valence-corrected chi connectivity index (χ1v) is 13.7. The molecule has 1 aliphatic heterocycles. The van der Waals surface area contributed by atoms with Crippen molar-refractivity contribution in [1.82, 2.24) is 9.88 Å². The molecule has 5 rings (SSSR count). The molecule has 2 aromatic heterocycles. The van der Waals surface area contributed by atoms with Gasteiger partial charge in [0.25, 0.3) is 0 Å². The van der Waals surface area contributed by atoms with E-state index < -0.39 is 12.1 Å². The quantitative estimate of drug-likeness (QED) is 0.176. The largest absolute Gasteiger partial charge is 0.493 e. The number of pyridine rings is 1. The number of nitrogens with zero attached hydrogens (tertiary/aromatic N) is 2. The molecule has 0 aliphatic carbocycles. The molecule has 8 nitrogen and oxygen atoms in total. The molecule has 39 heavy (non-hydrogen) atoms. The fraction of sp³-hybridized carbons (Fsp3) is 0.276. The minimum Gasteiger partial charge on any atom is -0.493 e. The van der Waals surface area contributed by atoms with Crippen molar-refractivity contribution in [3.05, 3.63) is 75.8 Å². The number of hydrogen-bond donors (Lipinski definition) is 0. The molecule has 1 amide bonds. The van der Waals surface area contributed by atoms with E-state index in [1.54, 1.807) is 32.1 Å². The number of hydrogen-bond acceptors (Lipinski definition) is 8. The standard InChI is InChI=1S/C29H27ClN2O6S/c1-4-37-28(33)26-20(13-30)31-27-25(24(26)18-10-11-21(35-2)22(12-18)36-3)19-14-32(15-23(19)39-27)29(34)38-16-17-8-6-5-7-9-17/h5-12H,4,13-16H2,1-3H3. The molecule has 2 aromatic carbocycles. The predicted octanol–water partition coefficient (Wildman–Crippen LogP) is 6.55. The van der Waals surface area contributed by atoms with Gasteiger partial charge in [0.05, 0.1) is 51.1 Å².